The number of aromatic nitrogens is 1. The maximum absolute atomic E-state index is 10.6. The van der Waals surface area contributed by atoms with E-state index >= 15 is 0 Å². The maximum Gasteiger partial charge on any atom is 0.365 e. The number of rotatable bonds is 3. The van der Waals surface area contributed by atoms with E-state index in [0.717, 1.165) is 11.1 Å². The summed E-state index contributed by atoms with van der Waals surface area (Å²) in [4.78, 5) is 13.8. The van der Waals surface area contributed by atoms with Gasteiger partial charge < -0.3 is 15.8 Å². The number of pyridine rings is 1. The Labute approximate surface area is 104 Å². The lowest BCUT2D eigenvalue weighted by Crippen LogP contribution is -2.05. The van der Waals surface area contributed by atoms with E-state index in [1.165, 1.54) is 6.07 Å². The van der Waals surface area contributed by atoms with Gasteiger partial charge in [0.2, 0.25) is 5.82 Å². The smallest absolute Gasteiger partial charge is 0.363 e. The largest absolute Gasteiger partial charge is 0.365 e. The van der Waals surface area contributed by atoms with E-state index < -0.39 is 4.92 Å². The van der Waals surface area contributed by atoms with Crippen LogP contribution in [0, 0.1) is 10.1 Å². The van der Waals surface area contributed by atoms with Crippen molar-refractivity contribution in [3.63, 3.8) is 0 Å². The number of nitrogen functional groups attached to an aromatic ring is 1. The van der Waals surface area contributed by atoms with Gasteiger partial charge >= 0.3 is 5.82 Å². The lowest BCUT2D eigenvalue weighted by Gasteiger charge is -2.11. The van der Waals surface area contributed by atoms with Gasteiger partial charge in [-0.05, 0) is 21.5 Å². The van der Waals surface area contributed by atoms with Crippen LogP contribution in [0.2, 0.25) is 0 Å². The van der Waals surface area contributed by atoms with Gasteiger partial charge in [-0.2, -0.15) is 0 Å². The summed E-state index contributed by atoms with van der Waals surface area (Å²) in [6.45, 7) is 1.99. The standard InChI is InChI=1S/C13H13N3O2/c1-9(10-5-3-2-4-6-10)11-7-8-12(16(17)18)15-13(11)14/h2-9H,1H3,(H2,14,15). The number of benzene rings is 1. The van der Waals surface area contributed by atoms with Gasteiger partial charge in [0.1, 0.15) is 0 Å². The lowest BCUT2D eigenvalue weighted by molar-refractivity contribution is -0.389. The third-order valence-corrected chi connectivity index (χ3v) is 2.90. The fraction of sp³-hybridized carbons (Fsp3) is 0.154. The molecule has 1 aromatic carbocycles. The second-order valence-electron chi connectivity index (χ2n) is 4.03. The first kappa shape index (κ1) is 12.0. The van der Waals surface area contributed by atoms with Crippen molar-refractivity contribution in [2.24, 2.45) is 0 Å². The molecule has 0 saturated carbocycles. The molecule has 2 rings (SSSR count). The zero-order chi connectivity index (χ0) is 13.1. The Morgan fingerprint density at radius 3 is 2.44 bits per heavy atom. The number of hydrogen-bond donors (Lipinski definition) is 1. The predicted octanol–water partition coefficient (Wildman–Crippen LogP) is 2.72. The average molecular weight is 243 g/mol. The molecule has 5 nitrogen and oxygen atoms in total. The van der Waals surface area contributed by atoms with Gasteiger partial charge in [-0.1, -0.05) is 37.3 Å². The zero-order valence-electron chi connectivity index (χ0n) is 9.91. The molecule has 0 aliphatic rings. The van der Waals surface area contributed by atoms with Gasteiger partial charge in [-0.15, -0.1) is 0 Å². The van der Waals surface area contributed by atoms with Crippen molar-refractivity contribution in [2.45, 2.75) is 12.8 Å². The molecule has 1 aromatic heterocycles. The molecule has 2 N–H and O–H groups in total. The number of hydrogen-bond acceptors (Lipinski definition) is 4. The first-order valence-electron chi connectivity index (χ1n) is 5.55. The Kier molecular flexibility index (Phi) is 3.23. The van der Waals surface area contributed by atoms with Crippen molar-refractivity contribution >= 4 is 11.6 Å². The van der Waals surface area contributed by atoms with E-state index in [1.54, 1.807) is 6.07 Å². The molecule has 1 unspecified atom stereocenters. The summed E-state index contributed by atoms with van der Waals surface area (Å²) in [6, 6.07) is 12.9. The zero-order valence-corrected chi connectivity index (χ0v) is 9.91. The maximum atomic E-state index is 10.6. The summed E-state index contributed by atoms with van der Waals surface area (Å²) in [6.07, 6.45) is 0. The summed E-state index contributed by atoms with van der Waals surface area (Å²) in [5.74, 6) is 0.0385. The van der Waals surface area contributed by atoms with Crippen molar-refractivity contribution in [1.82, 2.24) is 4.98 Å². The van der Waals surface area contributed by atoms with Gasteiger partial charge in [-0.3, -0.25) is 0 Å². The Balaban J connectivity index is 2.37. The van der Waals surface area contributed by atoms with Gasteiger partial charge in [-0.25, -0.2) is 0 Å². The molecule has 18 heavy (non-hydrogen) atoms. The quantitative estimate of drug-likeness (QED) is 0.663. The Morgan fingerprint density at radius 2 is 1.89 bits per heavy atom. The van der Waals surface area contributed by atoms with E-state index in [1.807, 2.05) is 37.3 Å². The van der Waals surface area contributed by atoms with Gasteiger partial charge in [0, 0.05) is 17.5 Å². The van der Waals surface area contributed by atoms with Gasteiger partial charge in [0.15, 0.2) is 0 Å². The molecule has 0 radical (unpaired) electrons. The van der Waals surface area contributed by atoms with Crippen molar-refractivity contribution in [1.29, 1.82) is 0 Å². The van der Waals surface area contributed by atoms with Crippen molar-refractivity contribution in [3.05, 3.63) is 63.7 Å². The summed E-state index contributed by atoms with van der Waals surface area (Å²) in [7, 11) is 0. The van der Waals surface area contributed by atoms with Crippen molar-refractivity contribution < 1.29 is 4.92 Å². The van der Waals surface area contributed by atoms with E-state index in [-0.39, 0.29) is 17.6 Å². The molecular formula is C13H13N3O2. The van der Waals surface area contributed by atoms with Crippen LogP contribution in [0.4, 0.5) is 11.6 Å². The van der Waals surface area contributed by atoms with Crippen molar-refractivity contribution in [3.8, 4) is 0 Å². The molecule has 0 fully saturated rings. The summed E-state index contributed by atoms with van der Waals surface area (Å²) < 4.78 is 0. The van der Waals surface area contributed by atoms with Gasteiger partial charge in [0.25, 0.3) is 0 Å². The normalized spacial score (nSPS) is 12.1. The topological polar surface area (TPSA) is 82.0 Å². The Hall–Kier alpha value is -2.43. The number of nitrogens with two attached hydrogens (primary N) is 1. The third kappa shape index (κ3) is 2.29. The van der Waals surface area contributed by atoms with Crippen LogP contribution in [-0.4, -0.2) is 9.91 Å². The van der Waals surface area contributed by atoms with Crippen LogP contribution in [-0.2, 0) is 0 Å². The first-order chi connectivity index (χ1) is 8.59. The first-order valence-corrected chi connectivity index (χ1v) is 5.55. The minimum Gasteiger partial charge on any atom is -0.363 e. The molecule has 0 amide bonds. The molecule has 0 aliphatic heterocycles. The van der Waals surface area contributed by atoms with E-state index in [4.69, 9.17) is 5.73 Å². The Morgan fingerprint density at radius 1 is 1.22 bits per heavy atom. The third-order valence-electron chi connectivity index (χ3n) is 2.90. The number of nitrogens with zero attached hydrogens (tertiary/aromatic N) is 2. The fourth-order valence-corrected chi connectivity index (χ4v) is 1.86. The highest BCUT2D eigenvalue weighted by atomic mass is 16.6. The van der Waals surface area contributed by atoms with Crippen LogP contribution in [0.25, 0.3) is 0 Å². The second-order valence-corrected chi connectivity index (χ2v) is 4.03. The highest BCUT2D eigenvalue weighted by Crippen LogP contribution is 2.28. The predicted molar refractivity (Wildman–Crippen MR) is 69.3 cm³/mol. The Bertz CT molecular complexity index is 570. The molecule has 2 aromatic rings. The highest BCUT2D eigenvalue weighted by molar-refractivity contribution is 5.48. The minimum absolute atomic E-state index is 0.0551. The monoisotopic (exact) mass is 243 g/mol. The van der Waals surface area contributed by atoms with Crippen LogP contribution < -0.4 is 5.73 Å². The highest BCUT2D eigenvalue weighted by Gasteiger charge is 2.18. The number of anilines is 1. The molecule has 92 valence electrons. The van der Waals surface area contributed by atoms with Crippen LogP contribution in [0.1, 0.15) is 24.0 Å². The molecular weight excluding hydrogens is 230 g/mol. The lowest BCUT2D eigenvalue weighted by atomic mass is 9.94. The van der Waals surface area contributed by atoms with E-state index in [9.17, 15) is 10.1 Å². The summed E-state index contributed by atoms with van der Waals surface area (Å²) in [5.41, 5.74) is 7.68. The van der Waals surface area contributed by atoms with Crippen LogP contribution in [0.3, 0.4) is 0 Å². The van der Waals surface area contributed by atoms with Crippen LogP contribution in [0.15, 0.2) is 42.5 Å². The van der Waals surface area contributed by atoms with E-state index in [0.29, 0.717) is 0 Å². The minimum atomic E-state index is -0.548. The molecule has 0 bridgehead atoms. The van der Waals surface area contributed by atoms with Crippen molar-refractivity contribution in [2.75, 3.05) is 5.73 Å². The molecule has 0 spiro atoms. The SMILES string of the molecule is CC(c1ccccc1)c1ccc([N+](=O)[O-])nc1N. The number of nitro groups is 1. The molecule has 1 heterocycles. The molecule has 0 aliphatic carbocycles. The summed E-state index contributed by atoms with van der Waals surface area (Å²) in [5, 5.41) is 10.6. The molecule has 1 atom stereocenters. The van der Waals surface area contributed by atoms with Crippen LogP contribution in [0.5, 0.6) is 0 Å². The average Bonchev–Trinajstić information content (AvgIpc) is 2.38. The molecule has 5 heteroatoms. The molecule has 0 saturated heterocycles. The van der Waals surface area contributed by atoms with Gasteiger partial charge in [0.05, 0.1) is 0 Å². The fourth-order valence-electron chi connectivity index (χ4n) is 1.86. The van der Waals surface area contributed by atoms with E-state index in [2.05, 4.69) is 4.98 Å². The second kappa shape index (κ2) is 4.83. The summed E-state index contributed by atoms with van der Waals surface area (Å²) >= 11 is 0. The van der Waals surface area contributed by atoms with Crippen LogP contribution >= 0.6 is 0 Å².